The highest BCUT2D eigenvalue weighted by molar-refractivity contribution is 5.27. The van der Waals surface area contributed by atoms with Crippen molar-refractivity contribution in [3.8, 4) is 5.75 Å². The van der Waals surface area contributed by atoms with Gasteiger partial charge in [-0.1, -0.05) is 285 Å². The topological polar surface area (TPSA) is 148 Å². The van der Waals surface area contributed by atoms with Crippen LogP contribution in [0, 0.1) is 0 Å². The van der Waals surface area contributed by atoms with Crippen molar-refractivity contribution in [1.29, 1.82) is 0 Å². The number of methoxy groups -OCH3 is 1. The first-order valence-corrected chi connectivity index (χ1v) is 36.3. The summed E-state index contributed by atoms with van der Waals surface area (Å²) in [5.74, 6) is 0.739. The maximum atomic E-state index is 7.86. The molecule has 0 aliphatic carbocycles. The number of benzene rings is 10. The van der Waals surface area contributed by atoms with Crippen molar-refractivity contribution in [2.45, 2.75) is 165 Å². The molecular formula is C89H94O16. The second kappa shape index (κ2) is 39.7. The van der Waals surface area contributed by atoms with Crippen LogP contribution < -0.4 is 4.74 Å². The van der Waals surface area contributed by atoms with E-state index in [0.717, 1.165) is 61.4 Å². The van der Waals surface area contributed by atoms with Gasteiger partial charge in [0.05, 0.1) is 92.5 Å². The number of ether oxygens (including phenoxy) is 16. The van der Waals surface area contributed by atoms with Crippen molar-refractivity contribution >= 4 is 0 Å². The van der Waals surface area contributed by atoms with Crippen LogP contribution in [0.25, 0.3) is 0 Å². The lowest BCUT2D eigenvalue weighted by Crippen LogP contribution is -2.68. The zero-order valence-corrected chi connectivity index (χ0v) is 59.5. The van der Waals surface area contributed by atoms with Gasteiger partial charge < -0.3 is 75.8 Å². The molecule has 3 fully saturated rings. The summed E-state index contributed by atoms with van der Waals surface area (Å²) in [5, 5.41) is 0. The lowest BCUT2D eigenvalue weighted by molar-refractivity contribution is -0.394. The van der Waals surface area contributed by atoms with Gasteiger partial charge in [-0.3, -0.25) is 0 Å². The third-order valence-electron chi connectivity index (χ3n) is 18.8. The molecule has 0 bridgehead atoms. The summed E-state index contributed by atoms with van der Waals surface area (Å²) in [4.78, 5) is 0. The summed E-state index contributed by atoms with van der Waals surface area (Å²) < 4.78 is 115. The molecule has 3 aliphatic rings. The molecule has 0 amide bonds. The van der Waals surface area contributed by atoms with Gasteiger partial charge >= 0.3 is 0 Å². The molecule has 0 spiro atoms. The van der Waals surface area contributed by atoms with Crippen molar-refractivity contribution < 1.29 is 75.8 Å². The molecule has 3 heterocycles. The molecule has 0 unspecified atom stereocenters. The molecule has 15 atom stereocenters. The van der Waals surface area contributed by atoms with Crippen molar-refractivity contribution in [3.05, 3.63) is 353 Å². The van der Waals surface area contributed by atoms with Gasteiger partial charge in [0, 0.05) is 0 Å². The minimum absolute atomic E-state index is 0.0215. The third-order valence-corrected chi connectivity index (χ3v) is 18.8. The quantitative estimate of drug-likeness (QED) is 0.0363. The summed E-state index contributed by atoms with van der Waals surface area (Å²) in [6, 6.07) is 98.1. The summed E-state index contributed by atoms with van der Waals surface area (Å²) in [7, 11) is 1.65. The Hall–Kier alpha value is -8.60. The van der Waals surface area contributed by atoms with E-state index in [1.165, 1.54) is 0 Å². The second-order valence-electron chi connectivity index (χ2n) is 26.5. The van der Waals surface area contributed by atoms with Gasteiger partial charge in [0.15, 0.2) is 18.9 Å². The summed E-state index contributed by atoms with van der Waals surface area (Å²) in [6.45, 7) is 3.96. The molecule has 3 aliphatic heterocycles. The molecule has 10 aromatic rings. The van der Waals surface area contributed by atoms with Crippen molar-refractivity contribution in [1.82, 2.24) is 0 Å². The standard InChI is InChI=1S/C89H94O16/c1-64-78(93-60-74-48-50-75(90-2)51-49-74)81(94-54-67-34-16-5-17-35-67)85(98-58-71-42-24-9-25-43-71)88(101-64)104-80-77(63-92-53-66-32-14-4-15-33-66)103-89(86(99-59-72-44-26-10-27-45-72)83(80)96-56-69-38-20-7-21-39-69)105-79-76(62-91-52-65-30-12-3-13-31-65)102-87(100-61-73-46-28-11-29-47-73)84(97-57-70-40-22-8-23-41-70)82(79)95-55-68-36-18-6-19-37-68/h3-51,64,76-89H,52-63H2,1-2H3/t64-,76-,77-,78+,79-,80-,81+,82+,83+,84-,85-,86-,87-,88+,89-/m1/s1. The largest absolute Gasteiger partial charge is 0.497 e. The van der Waals surface area contributed by atoms with Crippen LogP contribution >= 0.6 is 0 Å². The molecule has 10 aromatic carbocycles. The predicted molar refractivity (Wildman–Crippen MR) is 397 cm³/mol. The maximum Gasteiger partial charge on any atom is 0.187 e. The second-order valence-corrected chi connectivity index (χ2v) is 26.5. The highest BCUT2D eigenvalue weighted by Crippen LogP contribution is 2.40. The van der Waals surface area contributed by atoms with E-state index >= 15 is 0 Å². The molecule has 0 saturated carbocycles. The van der Waals surface area contributed by atoms with Crippen LogP contribution in [0.15, 0.2) is 297 Å². The fourth-order valence-corrected chi connectivity index (χ4v) is 13.3. The Labute approximate surface area is 616 Å². The summed E-state index contributed by atoms with van der Waals surface area (Å²) in [6.07, 6.45) is -14.3. The first-order valence-electron chi connectivity index (χ1n) is 36.3. The van der Waals surface area contributed by atoms with Gasteiger partial charge in [0.25, 0.3) is 0 Å². The highest BCUT2D eigenvalue weighted by atomic mass is 16.8. The zero-order valence-electron chi connectivity index (χ0n) is 59.5. The van der Waals surface area contributed by atoms with Crippen LogP contribution in [0.1, 0.15) is 62.6 Å². The number of hydrogen-bond donors (Lipinski definition) is 0. The lowest BCUT2D eigenvalue weighted by atomic mass is 9.95. The molecule has 13 rings (SSSR count). The van der Waals surface area contributed by atoms with Gasteiger partial charge in [-0.15, -0.1) is 0 Å². The van der Waals surface area contributed by atoms with E-state index in [4.69, 9.17) is 75.8 Å². The summed E-state index contributed by atoms with van der Waals surface area (Å²) >= 11 is 0. The van der Waals surface area contributed by atoms with Crippen LogP contribution in [-0.2, 0) is 137 Å². The first kappa shape index (κ1) is 74.7. The predicted octanol–water partition coefficient (Wildman–Crippen LogP) is 15.7. The fraction of sp³-hybridized carbons (Fsp3) is 0.326. The monoisotopic (exact) mass is 1420 g/mol. The van der Waals surface area contributed by atoms with Gasteiger partial charge in [-0.25, -0.2) is 0 Å². The van der Waals surface area contributed by atoms with Crippen LogP contribution in [0.2, 0.25) is 0 Å². The third kappa shape index (κ3) is 21.8. The average Bonchev–Trinajstić information content (AvgIpc) is 0.764. The van der Waals surface area contributed by atoms with E-state index < -0.39 is 92.1 Å². The van der Waals surface area contributed by atoms with Gasteiger partial charge in [-0.2, -0.15) is 0 Å². The highest BCUT2D eigenvalue weighted by Gasteiger charge is 2.57. The van der Waals surface area contributed by atoms with Gasteiger partial charge in [-0.05, 0) is 74.7 Å². The van der Waals surface area contributed by atoms with E-state index in [1.54, 1.807) is 7.11 Å². The molecule has 16 nitrogen and oxygen atoms in total. The Morgan fingerprint density at radius 3 is 0.781 bits per heavy atom. The first-order chi connectivity index (χ1) is 51.9. The molecule has 0 radical (unpaired) electrons. The maximum absolute atomic E-state index is 7.86. The normalized spacial score (nSPS) is 24.6. The molecule has 0 aromatic heterocycles. The van der Waals surface area contributed by atoms with Crippen LogP contribution in [0.3, 0.4) is 0 Å². The Bertz CT molecular complexity index is 4010. The Morgan fingerprint density at radius 1 is 0.229 bits per heavy atom. The molecule has 0 N–H and O–H groups in total. The van der Waals surface area contributed by atoms with Crippen molar-refractivity contribution in [3.63, 3.8) is 0 Å². The van der Waals surface area contributed by atoms with Crippen LogP contribution in [0.4, 0.5) is 0 Å². The van der Waals surface area contributed by atoms with Crippen LogP contribution in [-0.4, -0.2) is 112 Å². The van der Waals surface area contributed by atoms with Crippen molar-refractivity contribution in [2.75, 3.05) is 20.3 Å². The van der Waals surface area contributed by atoms with E-state index in [-0.39, 0.29) is 79.3 Å². The fourth-order valence-electron chi connectivity index (χ4n) is 13.3. The molecule has 3 saturated heterocycles. The average molecular weight is 1420 g/mol. The van der Waals surface area contributed by atoms with E-state index in [2.05, 4.69) is 0 Å². The molecular weight excluding hydrogens is 1320 g/mol. The Balaban J connectivity index is 0.923. The van der Waals surface area contributed by atoms with Gasteiger partial charge in [0.2, 0.25) is 0 Å². The zero-order chi connectivity index (χ0) is 71.5. The molecule has 105 heavy (non-hydrogen) atoms. The minimum Gasteiger partial charge on any atom is -0.497 e. The van der Waals surface area contributed by atoms with Crippen molar-refractivity contribution in [2.24, 2.45) is 0 Å². The van der Waals surface area contributed by atoms with E-state index in [1.807, 2.05) is 304 Å². The van der Waals surface area contributed by atoms with Crippen LogP contribution in [0.5, 0.6) is 5.75 Å². The number of hydrogen-bond acceptors (Lipinski definition) is 16. The Morgan fingerprint density at radius 2 is 0.467 bits per heavy atom. The van der Waals surface area contributed by atoms with Gasteiger partial charge in [0.1, 0.15) is 72.9 Å². The molecule has 16 heteroatoms. The Kier molecular flexibility index (Phi) is 28.2. The minimum atomic E-state index is -1.28. The summed E-state index contributed by atoms with van der Waals surface area (Å²) in [5.41, 5.74) is 9.38. The number of rotatable bonds is 37. The SMILES string of the molecule is COc1ccc(CO[C@@H]2[C@H](OCc3ccccc3)[C@@H](OCc3ccccc3)[C@H](O[C@H]3[C@H](OCc4ccccc4)[C@@H](OCc4ccccc4)[C@@H](O[C@H]4[C@H](OCc5ccccc5)[C@@H](OCc5ccccc5)[C@H](OCc5ccccc5)O[C@@H]4COCc4ccccc4)O[C@@H]3COCc3ccccc3)O[C@@H]2C)cc1. The smallest absolute Gasteiger partial charge is 0.187 e. The molecule has 546 valence electrons. The van der Waals surface area contributed by atoms with E-state index in [9.17, 15) is 0 Å². The lowest BCUT2D eigenvalue weighted by Gasteiger charge is -2.51. The van der Waals surface area contributed by atoms with E-state index in [0.29, 0.717) is 0 Å².